The lowest BCUT2D eigenvalue weighted by Crippen LogP contribution is -2.32. The summed E-state index contributed by atoms with van der Waals surface area (Å²) in [4.78, 5) is 22.1. The van der Waals surface area contributed by atoms with Gasteiger partial charge in [0.1, 0.15) is 17.5 Å². The van der Waals surface area contributed by atoms with Gasteiger partial charge in [0, 0.05) is 6.42 Å². The second kappa shape index (κ2) is 16.4. The first-order chi connectivity index (χ1) is 12.2. The summed E-state index contributed by atoms with van der Waals surface area (Å²) in [5.41, 5.74) is -0.0671. The Morgan fingerprint density at radius 2 is 1.58 bits per heavy atom. The Labute approximate surface area is 155 Å². The number of hydrogen-bond acceptors (Lipinski definition) is 5. The van der Waals surface area contributed by atoms with Gasteiger partial charge in [-0.05, 0) is 38.6 Å². The number of aromatic hydroxyl groups is 1. The van der Waals surface area contributed by atoms with Crippen molar-refractivity contribution < 1.29 is 30.0 Å². The van der Waals surface area contributed by atoms with Crippen molar-refractivity contribution in [2.75, 3.05) is 13.1 Å². The predicted octanol–water partition coefficient (Wildman–Crippen LogP) is 3.41. The third-order valence-electron chi connectivity index (χ3n) is 3.47. The van der Waals surface area contributed by atoms with Crippen LogP contribution < -0.4 is 0 Å². The molecule has 0 spiro atoms. The molecule has 7 nitrogen and oxygen atoms in total. The molecule has 150 valence electrons. The molecular formula is C19H33NO6. The summed E-state index contributed by atoms with van der Waals surface area (Å²) in [5, 5.41) is 34.4. The molecule has 0 bridgehead atoms. The second-order valence-electron chi connectivity index (χ2n) is 5.53. The van der Waals surface area contributed by atoms with E-state index in [-0.39, 0.29) is 17.5 Å². The monoisotopic (exact) mass is 371 g/mol. The molecule has 1 atom stereocenters. The van der Waals surface area contributed by atoms with Crippen molar-refractivity contribution in [1.82, 2.24) is 4.90 Å². The standard InChI is InChI=1S/C7H6O3.C6H15NO.C6H12O2/c8-6-4-2-1-3-5(6)7(9)10;1-4-7(5-2)6(3)8;1-2-3-4-5-6(7)8/h1-4,8H,(H,9,10);6,8H,4-5H2,1-3H3;2-5H2,1H3,(H,7,8). The lowest BCUT2D eigenvalue weighted by atomic mass is 10.2. The van der Waals surface area contributed by atoms with E-state index in [1.165, 1.54) is 12.1 Å². The van der Waals surface area contributed by atoms with E-state index < -0.39 is 11.9 Å². The number of aromatic carboxylic acids is 1. The summed E-state index contributed by atoms with van der Waals surface area (Å²) in [5.74, 6) is -1.99. The van der Waals surface area contributed by atoms with E-state index in [4.69, 9.17) is 20.4 Å². The van der Waals surface area contributed by atoms with Crippen LogP contribution in [0.1, 0.15) is 63.7 Å². The minimum Gasteiger partial charge on any atom is -0.507 e. The molecule has 1 unspecified atom stereocenters. The molecule has 0 aromatic heterocycles. The number of carboxylic acids is 2. The quantitative estimate of drug-likeness (QED) is 0.408. The van der Waals surface area contributed by atoms with Crippen LogP contribution in [0.2, 0.25) is 0 Å². The third kappa shape index (κ3) is 14.2. The SMILES string of the molecule is CCCCCC(=O)O.CCN(CC)C(C)O.O=C(O)c1ccccc1O. The van der Waals surface area contributed by atoms with Gasteiger partial charge in [0.05, 0.1) is 0 Å². The number of aliphatic hydroxyl groups is 1. The fourth-order valence-corrected chi connectivity index (χ4v) is 1.93. The molecule has 1 rings (SSSR count). The van der Waals surface area contributed by atoms with Crippen LogP contribution in [0, 0.1) is 0 Å². The smallest absolute Gasteiger partial charge is 0.339 e. The maximum atomic E-state index is 10.3. The molecule has 0 saturated heterocycles. The van der Waals surface area contributed by atoms with Crippen LogP contribution in [0.15, 0.2) is 24.3 Å². The minimum atomic E-state index is -1.11. The van der Waals surface area contributed by atoms with Crippen LogP contribution in [0.25, 0.3) is 0 Å². The normalized spacial score (nSPS) is 10.8. The van der Waals surface area contributed by atoms with Crippen molar-refractivity contribution in [1.29, 1.82) is 0 Å². The van der Waals surface area contributed by atoms with Gasteiger partial charge in [-0.25, -0.2) is 4.79 Å². The van der Waals surface area contributed by atoms with Crippen LogP contribution >= 0.6 is 0 Å². The highest BCUT2D eigenvalue weighted by atomic mass is 16.4. The van der Waals surface area contributed by atoms with E-state index in [0.29, 0.717) is 6.42 Å². The molecule has 7 heteroatoms. The van der Waals surface area contributed by atoms with Gasteiger partial charge in [-0.1, -0.05) is 45.7 Å². The molecule has 1 aromatic rings. The van der Waals surface area contributed by atoms with Gasteiger partial charge in [-0.3, -0.25) is 9.69 Å². The molecule has 0 saturated carbocycles. The number of aliphatic carboxylic acids is 1. The second-order valence-corrected chi connectivity index (χ2v) is 5.53. The molecule has 0 heterocycles. The molecule has 0 radical (unpaired) electrons. The molecule has 0 fully saturated rings. The number of unbranched alkanes of at least 4 members (excludes halogenated alkanes) is 2. The molecular weight excluding hydrogens is 338 g/mol. The number of nitrogens with zero attached hydrogens (tertiary/aromatic N) is 1. The fourth-order valence-electron chi connectivity index (χ4n) is 1.93. The summed E-state index contributed by atoms with van der Waals surface area (Å²) in [6, 6.07) is 5.81. The first-order valence-corrected chi connectivity index (χ1v) is 8.86. The number of para-hydroxylation sites is 1. The maximum Gasteiger partial charge on any atom is 0.339 e. The number of benzene rings is 1. The number of rotatable bonds is 8. The zero-order valence-electron chi connectivity index (χ0n) is 16.2. The van der Waals surface area contributed by atoms with Crippen molar-refractivity contribution in [2.24, 2.45) is 0 Å². The highest BCUT2D eigenvalue weighted by Crippen LogP contribution is 2.14. The number of phenols is 1. The maximum absolute atomic E-state index is 10.3. The van der Waals surface area contributed by atoms with Crippen LogP contribution in [-0.2, 0) is 4.79 Å². The van der Waals surface area contributed by atoms with Gasteiger partial charge in [-0.15, -0.1) is 0 Å². The van der Waals surface area contributed by atoms with E-state index >= 15 is 0 Å². The summed E-state index contributed by atoms with van der Waals surface area (Å²) in [6.45, 7) is 9.77. The Bertz CT molecular complexity index is 501. The lowest BCUT2D eigenvalue weighted by molar-refractivity contribution is -0.137. The first-order valence-electron chi connectivity index (χ1n) is 8.86. The highest BCUT2D eigenvalue weighted by molar-refractivity contribution is 5.90. The zero-order chi connectivity index (χ0) is 20.5. The molecule has 1 aromatic carbocycles. The van der Waals surface area contributed by atoms with E-state index in [0.717, 1.165) is 32.4 Å². The van der Waals surface area contributed by atoms with Crippen LogP contribution in [0.3, 0.4) is 0 Å². The molecule has 26 heavy (non-hydrogen) atoms. The highest BCUT2D eigenvalue weighted by Gasteiger charge is 2.05. The molecule has 0 aliphatic heterocycles. The number of carbonyl (C=O) groups is 2. The Morgan fingerprint density at radius 1 is 1.04 bits per heavy atom. The molecule has 0 aliphatic rings. The topological polar surface area (TPSA) is 118 Å². The average molecular weight is 371 g/mol. The third-order valence-corrected chi connectivity index (χ3v) is 3.47. The van der Waals surface area contributed by atoms with Gasteiger partial charge in [0.15, 0.2) is 0 Å². The van der Waals surface area contributed by atoms with Crippen LogP contribution in [-0.4, -0.2) is 56.6 Å². The number of aliphatic hydroxyl groups excluding tert-OH is 1. The summed E-state index contributed by atoms with van der Waals surface area (Å²) in [7, 11) is 0. The first kappa shape index (κ1) is 26.1. The summed E-state index contributed by atoms with van der Waals surface area (Å²) >= 11 is 0. The predicted molar refractivity (Wildman–Crippen MR) is 101 cm³/mol. The Hall–Kier alpha value is -2.12. The Morgan fingerprint density at radius 3 is 1.85 bits per heavy atom. The Balaban J connectivity index is 0. The van der Waals surface area contributed by atoms with E-state index in [1.54, 1.807) is 19.1 Å². The lowest BCUT2D eigenvalue weighted by Gasteiger charge is -2.20. The van der Waals surface area contributed by atoms with Crippen molar-refractivity contribution in [3.05, 3.63) is 29.8 Å². The van der Waals surface area contributed by atoms with Gasteiger partial charge >= 0.3 is 11.9 Å². The van der Waals surface area contributed by atoms with Gasteiger partial charge in [0.2, 0.25) is 0 Å². The van der Waals surface area contributed by atoms with Crippen molar-refractivity contribution in [3.63, 3.8) is 0 Å². The van der Waals surface area contributed by atoms with E-state index in [9.17, 15) is 9.59 Å². The van der Waals surface area contributed by atoms with E-state index in [1.807, 2.05) is 18.7 Å². The minimum absolute atomic E-state index is 0.0671. The average Bonchev–Trinajstić information content (AvgIpc) is 2.57. The molecule has 0 aliphatic carbocycles. The Kier molecular flexibility index (Phi) is 16.4. The fraction of sp³-hybridized carbons (Fsp3) is 0.579. The summed E-state index contributed by atoms with van der Waals surface area (Å²) in [6.07, 6.45) is 2.99. The summed E-state index contributed by atoms with van der Waals surface area (Å²) < 4.78 is 0. The van der Waals surface area contributed by atoms with Crippen LogP contribution in [0.4, 0.5) is 0 Å². The van der Waals surface area contributed by atoms with Gasteiger partial charge in [0.25, 0.3) is 0 Å². The largest absolute Gasteiger partial charge is 0.507 e. The number of carboxylic acid groups (broad SMARTS) is 2. The van der Waals surface area contributed by atoms with Gasteiger partial charge < -0.3 is 20.4 Å². The van der Waals surface area contributed by atoms with Crippen molar-refractivity contribution in [3.8, 4) is 5.75 Å². The molecule has 0 amide bonds. The van der Waals surface area contributed by atoms with Crippen molar-refractivity contribution in [2.45, 2.75) is 59.6 Å². The zero-order valence-corrected chi connectivity index (χ0v) is 16.2. The van der Waals surface area contributed by atoms with Crippen LogP contribution in [0.5, 0.6) is 5.75 Å². The number of hydrogen-bond donors (Lipinski definition) is 4. The molecule has 4 N–H and O–H groups in total. The van der Waals surface area contributed by atoms with Crippen molar-refractivity contribution >= 4 is 11.9 Å². The van der Waals surface area contributed by atoms with E-state index in [2.05, 4.69) is 6.92 Å². The van der Waals surface area contributed by atoms with Gasteiger partial charge in [-0.2, -0.15) is 0 Å².